The van der Waals surface area contributed by atoms with E-state index in [0.717, 1.165) is 0 Å². The Morgan fingerprint density at radius 2 is 2.25 bits per heavy atom. The highest BCUT2D eigenvalue weighted by Gasteiger charge is 1.92. The highest BCUT2D eigenvalue weighted by Crippen LogP contribution is 1.98. The third-order valence-electron chi connectivity index (χ3n) is 0.742. The SMILES string of the molecule is CC/C=C(/F)C(C)=N. The lowest BCUT2D eigenvalue weighted by Crippen LogP contribution is -1.86. The molecule has 0 saturated heterocycles. The predicted octanol–water partition coefficient (Wildman–Crippen LogP) is 2.29. The van der Waals surface area contributed by atoms with Crippen LogP contribution in [0.1, 0.15) is 20.3 Å². The van der Waals surface area contributed by atoms with Crippen molar-refractivity contribution >= 4 is 5.71 Å². The molecule has 0 radical (unpaired) electrons. The Morgan fingerprint density at radius 1 is 1.75 bits per heavy atom. The Morgan fingerprint density at radius 3 is 2.38 bits per heavy atom. The Bertz CT molecular complexity index is 116. The Kier molecular flexibility index (Phi) is 3.08. The lowest BCUT2D eigenvalue weighted by atomic mass is 10.3. The standard InChI is InChI=1S/C6H10FN/c1-3-4-6(7)5(2)8/h4,8H,3H2,1-2H3/b6-4+,8-5?. The minimum atomic E-state index is -0.410. The molecular formula is C6H10FN. The van der Waals surface area contributed by atoms with E-state index in [9.17, 15) is 4.39 Å². The molecule has 46 valence electrons. The second-order valence-corrected chi connectivity index (χ2v) is 1.59. The van der Waals surface area contributed by atoms with E-state index in [0.29, 0.717) is 6.42 Å². The van der Waals surface area contributed by atoms with Crippen LogP contribution in [0.3, 0.4) is 0 Å². The fourth-order valence-electron chi connectivity index (χ4n) is 0.332. The van der Waals surface area contributed by atoms with Gasteiger partial charge in [0.2, 0.25) is 0 Å². The van der Waals surface area contributed by atoms with Crippen LogP contribution in [0.15, 0.2) is 11.9 Å². The molecule has 8 heavy (non-hydrogen) atoms. The molecule has 1 nitrogen and oxygen atoms in total. The molecule has 0 aliphatic carbocycles. The van der Waals surface area contributed by atoms with Gasteiger partial charge in [0.15, 0.2) is 0 Å². The van der Waals surface area contributed by atoms with Gasteiger partial charge in [-0.3, -0.25) is 0 Å². The van der Waals surface area contributed by atoms with Crippen molar-refractivity contribution in [3.63, 3.8) is 0 Å². The molecule has 0 unspecified atom stereocenters. The summed E-state index contributed by atoms with van der Waals surface area (Å²) < 4.78 is 12.2. The molecule has 2 heteroatoms. The van der Waals surface area contributed by atoms with E-state index in [1.807, 2.05) is 6.92 Å². The minimum Gasteiger partial charge on any atom is -0.303 e. The quantitative estimate of drug-likeness (QED) is 0.534. The van der Waals surface area contributed by atoms with Crippen LogP contribution in [-0.4, -0.2) is 5.71 Å². The van der Waals surface area contributed by atoms with Crippen LogP contribution in [-0.2, 0) is 0 Å². The highest BCUT2D eigenvalue weighted by molar-refractivity contribution is 5.93. The monoisotopic (exact) mass is 115 g/mol. The summed E-state index contributed by atoms with van der Waals surface area (Å²) in [6.45, 7) is 3.27. The van der Waals surface area contributed by atoms with Crippen molar-refractivity contribution in [1.82, 2.24) is 0 Å². The van der Waals surface area contributed by atoms with Crippen LogP contribution in [0, 0.1) is 5.41 Å². The van der Waals surface area contributed by atoms with Crippen molar-refractivity contribution < 1.29 is 4.39 Å². The average molecular weight is 115 g/mol. The van der Waals surface area contributed by atoms with Crippen molar-refractivity contribution in [3.05, 3.63) is 11.9 Å². The second kappa shape index (κ2) is 3.36. The van der Waals surface area contributed by atoms with Crippen LogP contribution in [0.2, 0.25) is 0 Å². The summed E-state index contributed by atoms with van der Waals surface area (Å²) in [6, 6.07) is 0. The number of hydrogen-bond donors (Lipinski definition) is 1. The minimum absolute atomic E-state index is 0.00634. The van der Waals surface area contributed by atoms with Crippen LogP contribution >= 0.6 is 0 Å². The van der Waals surface area contributed by atoms with Gasteiger partial charge in [-0.25, -0.2) is 4.39 Å². The van der Waals surface area contributed by atoms with Gasteiger partial charge < -0.3 is 5.41 Å². The smallest absolute Gasteiger partial charge is 0.139 e. The van der Waals surface area contributed by atoms with Gasteiger partial charge in [-0.05, 0) is 19.4 Å². The molecule has 0 amide bonds. The lowest BCUT2D eigenvalue weighted by molar-refractivity contribution is 0.673. The molecule has 0 bridgehead atoms. The first-order valence-corrected chi connectivity index (χ1v) is 2.59. The summed E-state index contributed by atoms with van der Waals surface area (Å²) in [5.41, 5.74) is 0.00634. The van der Waals surface area contributed by atoms with E-state index in [1.165, 1.54) is 13.0 Å². The summed E-state index contributed by atoms with van der Waals surface area (Å²) in [7, 11) is 0. The zero-order valence-electron chi connectivity index (χ0n) is 5.16. The molecule has 0 heterocycles. The molecule has 0 atom stereocenters. The van der Waals surface area contributed by atoms with E-state index in [4.69, 9.17) is 5.41 Å². The van der Waals surface area contributed by atoms with E-state index < -0.39 is 5.83 Å². The third-order valence-corrected chi connectivity index (χ3v) is 0.742. The average Bonchev–Trinajstić information content (AvgIpc) is 1.67. The van der Waals surface area contributed by atoms with E-state index in [1.54, 1.807) is 0 Å². The Balaban J connectivity index is 3.80. The van der Waals surface area contributed by atoms with E-state index >= 15 is 0 Å². The normalized spacial score (nSPS) is 11.6. The molecule has 1 N–H and O–H groups in total. The van der Waals surface area contributed by atoms with E-state index in [2.05, 4.69) is 0 Å². The molecule has 0 aromatic carbocycles. The number of rotatable bonds is 2. The summed E-state index contributed by atoms with van der Waals surface area (Å²) in [5, 5.41) is 6.76. The highest BCUT2D eigenvalue weighted by atomic mass is 19.1. The Labute approximate surface area is 48.7 Å². The van der Waals surface area contributed by atoms with Gasteiger partial charge in [0.25, 0.3) is 0 Å². The van der Waals surface area contributed by atoms with Gasteiger partial charge in [0, 0.05) is 0 Å². The van der Waals surface area contributed by atoms with E-state index in [-0.39, 0.29) is 5.71 Å². The van der Waals surface area contributed by atoms with Crippen molar-refractivity contribution in [2.24, 2.45) is 0 Å². The predicted molar refractivity (Wildman–Crippen MR) is 32.9 cm³/mol. The van der Waals surface area contributed by atoms with Crippen LogP contribution in [0.25, 0.3) is 0 Å². The van der Waals surface area contributed by atoms with Gasteiger partial charge >= 0.3 is 0 Å². The van der Waals surface area contributed by atoms with Crippen molar-refractivity contribution in [3.8, 4) is 0 Å². The maximum Gasteiger partial charge on any atom is 0.139 e. The number of halogens is 1. The fourth-order valence-corrected chi connectivity index (χ4v) is 0.332. The van der Waals surface area contributed by atoms with Crippen molar-refractivity contribution in [2.45, 2.75) is 20.3 Å². The first-order chi connectivity index (χ1) is 3.68. The Hall–Kier alpha value is -0.660. The topological polar surface area (TPSA) is 23.9 Å². The summed E-state index contributed by atoms with van der Waals surface area (Å²) in [6.07, 6.45) is 2.05. The molecule has 0 rings (SSSR count). The first kappa shape index (κ1) is 7.34. The summed E-state index contributed by atoms with van der Waals surface area (Å²) in [5.74, 6) is -0.410. The zero-order valence-corrected chi connectivity index (χ0v) is 5.16. The molecule has 0 aliphatic rings. The number of hydrogen-bond acceptors (Lipinski definition) is 1. The molecule has 0 fully saturated rings. The summed E-state index contributed by atoms with van der Waals surface area (Å²) >= 11 is 0. The molecule has 0 saturated carbocycles. The number of nitrogens with one attached hydrogen (secondary N) is 1. The molecular weight excluding hydrogens is 105 g/mol. The molecule has 0 aromatic heterocycles. The molecule has 0 aromatic rings. The number of allylic oxidation sites excluding steroid dienone is 2. The van der Waals surface area contributed by atoms with Crippen LogP contribution < -0.4 is 0 Å². The largest absolute Gasteiger partial charge is 0.303 e. The van der Waals surface area contributed by atoms with Crippen molar-refractivity contribution in [1.29, 1.82) is 5.41 Å². The maximum atomic E-state index is 12.2. The van der Waals surface area contributed by atoms with Crippen LogP contribution in [0.4, 0.5) is 4.39 Å². The third kappa shape index (κ3) is 2.50. The zero-order chi connectivity index (χ0) is 6.57. The molecule has 0 aliphatic heterocycles. The summed E-state index contributed by atoms with van der Waals surface area (Å²) in [4.78, 5) is 0. The maximum absolute atomic E-state index is 12.2. The molecule has 0 spiro atoms. The lowest BCUT2D eigenvalue weighted by Gasteiger charge is -1.87. The fraction of sp³-hybridized carbons (Fsp3) is 0.500. The first-order valence-electron chi connectivity index (χ1n) is 2.59. The van der Waals surface area contributed by atoms with Crippen LogP contribution in [0.5, 0.6) is 0 Å². The van der Waals surface area contributed by atoms with Gasteiger partial charge in [-0.1, -0.05) is 6.92 Å². The van der Waals surface area contributed by atoms with Gasteiger partial charge in [-0.2, -0.15) is 0 Å². The second-order valence-electron chi connectivity index (χ2n) is 1.59. The van der Waals surface area contributed by atoms with Gasteiger partial charge in [0.1, 0.15) is 5.83 Å². The van der Waals surface area contributed by atoms with Gasteiger partial charge in [-0.15, -0.1) is 0 Å². The van der Waals surface area contributed by atoms with Crippen molar-refractivity contribution in [2.75, 3.05) is 0 Å². The van der Waals surface area contributed by atoms with Gasteiger partial charge in [0.05, 0.1) is 5.71 Å².